The Labute approximate surface area is 105 Å². The van der Waals surface area contributed by atoms with Crippen molar-refractivity contribution in [3.05, 3.63) is 16.0 Å². The third-order valence-electron chi connectivity index (χ3n) is 3.15. The van der Waals surface area contributed by atoms with Crippen LogP contribution in [0.4, 0.5) is 5.00 Å². The first-order valence-corrected chi connectivity index (χ1v) is 6.73. The lowest BCUT2D eigenvalue weighted by atomic mass is 9.87. The Balaban J connectivity index is 2.47. The molecule has 92 valence electrons. The van der Waals surface area contributed by atoms with Crippen LogP contribution in [0, 0.1) is 5.92 Å². The summed E-state index contributed by atoms with van der Waals surface area (Å²) in [5.74, 6) is 0.569. The molecule has 3 nitrogen and oxygen atoms in total. The highest BCUT2D eigenvalue weighted by Gasteiger charge is 2.26. The van der Waals surface area contributed by atoms with E-state index in [1.54, 1.807) is 18.3 Å². The maximum Gasteiger partial charge on any atom is 0.221 e. The molecule has 1 unspecified atom stereocenters. The van der Waals surface area contributed by atoms with Crippen molar-refractivity contribution < 1.29 is 9.59 Å². The van der Waals surface area contributed by atoms with Crippen molar-refractivity contribution in [1.29, 1.82) is 0 Å². The molecule has 1 heterocycles. The molecule has 0 spiro atoms. The van der Waals surface area contributed by atoms with E-state index in [2.05, 4.69) is 12.2 Å². The van der Waals surface area contributed by atoms with Crippen LogP contribution in [-0.2, 0) is 17.6 Å². The fourth-order valence-electron chi connectivity index (χ4n) is 2.38. The Bertz CT molecular complexity index is 476. The van der Waals surface area contributed by atoms with Crippen molar-refractivity contribution >= 4 is 28.0 Å². The predicted octanol–water partition coefficient (Wildman–Crippen LogP) is 3.03. The molecule has 0 aromatic carbocycles. The molecule has 1 atom stereocenters. The summed E-state index contributed by atoms with van der Waals surface area (Å²) in [6.07, 6.45) is 3.16. The number of carbonyl (C=O) groups excluding carboxylic acids is 2. The van der Waals surface area contributed by atoms with Gasteiger partial charge in [0.2, 0.25) is 5.91 Å². The summed E-state index contributed by atoms with van der Waals surface area (Å²) in [5, 5.41) is 3.53. The Morgan fingerprint density at radius 2 is 2.06 bits per heavy atom. The zero-order valence-electron chi connectivity index (χ0n) is 10.4. The highest BCUT2D eigenvalue weighted by molar-refractivity contribution is 7.17. The molecule has 0 fully saturated rings. The smallest absolute Gasteiger partial charge is 0.221 e. The molecule has 0 radical (unpaired) electrons. The number of nitrogens with one attached hydrogen (secondary N) is 1. The van der Waals surface area contributed by atoms with Gasteiger partial charge >= 0.3 is 0 Å². The van der Waals surface area contributed by atoms with E-state index < -0.39 is 0 Å². The average Bonchev–Trinajstić information content (AvgIpc) is 2.53. The SMILES string of the molecule is CC(=O)Nc1sc2c(c1C(C)=O)CC(C)CC2. The highest BCUT2D eigenvalue weighted by Crippen LogP contribution is 2.39. The van der Waals surface area contributed by atoms with E-state index in [1.807, 2.05) is 0 Å². The average molecular weight is 251 g/mol. The Morgan fingerprint density at radius 3 is 2.65 bits per heavy atom. The Hall–Kier alpha value is -1.16. The van der Waals surface area contributed by atoms with Gasteiger partial charge in [-0.3, -0.25) is 9.59 Å². The van der Waals surface area contributed by atoms with Gasteiger partial charge in [-0.15, -0.1) is 11.3 Å². The molecule has 2 rings (SSSR count). The number of Topliss-reactive ketones (excluding diaryl/α,β-unsaturated/α-hetero) is 1. The number of ketones is 1. The van der Waals surface area contributed by atoms with Gasteiger partial charge in [0.15, 0.2) is 5.78 Å². The van der Waals surface area contributed by atoms with E-state index in [-0.39, 0.29) is 11.7 Å². The van der Waals surface area contributed by atoms with Gasteiger partial charge in [0, 0.05) is 11.8 Å². The first-order chi connectivity index (χ1) is 7.99. The van der Waals surface area contributed by atoms with Gasteiger partial charge in [-0.2, -0.15) is 0 Å². The molecule has 0 saturated heterocycles. The maximum atomic E-state index is 11.7. The third-order valence-corrected chi connectivity index (χ3v) is 4.36. The zero-order valence-corrected chi connectivity index (χ0v) is 11.2. The van der Waals surface area contributed by atoms with E-state index in [4.69, 9.17) is 0 Å². The van der Waals surface area contributed by atoms with Gasteiger partial charge < -0.3 is 5.32 Å². The molecule has 1 aliphatic carbocycles. The van der Waals surface area contributed by atoms with E-state index in [0.717, 1.165) is 23.4 Å². The molecule has 0 saturated carbocycles. The number of amides is 1. The Morgan fingerprint density at radius 1 is 1.35 bits per heavy atom. The van der Waals surface area contributed by atoms with Crippen molar-refractivity contribution in [3.63, 3.8) is 0 Å². The lowest BCUT2D eigenvalue weighted by molar-refractivity contribution is -0.114. The second-order valence-corrected chi connectivity index (χ2v) is 5.90. The number of thiophene rings is 1. The van der Waals surface area contributed by atoms with E-state index in [9.17, 15) is 9.59 Å². The van der Waals surface area contributed by atoms with E-state index >= 15 is 0 Å². The van der Waals surface area contributed by atoms with Crippen LogP contribution in [0.15, 0.2) is 0 Å². The first-order valence-electron chi connectivity index (χ1n) is 5.92. The van der Waals surface area contributed by atoms with Gasteiger partial charge in [0.25, 0.3) is 0 Å². The van der Waals surface area contributed by atoms with Crippen molar-refractivity contribution in [3.8, 4) is 0 Å². The summed E-state index contributed by atoms with van der Waals surface area (Å²) in [6, 6.07) is 0. The van der Waals surface area contributed by atoms with Gasteiger partial charge in [0.1, 0.15) is 5.00 Å². The number of hydrogen-bond donors (Lipinski definition) is 1. The molecule has 1 aromatic heterocycles. The lowest BCUT2D eigenvalue weighted by Crippen LogP contribution is -2.13. The van der Waals surface area contributed by atoms with Crippen LogP contribution in [0.5, 0.6) is 0 Å². The lowest BCUT2D eigenvalue weighted by Gasteiger charge is -2.18. The van der Waals surface area contributed by atoms with Crippen LogP contribution in [0.2, 0.25) is 0 Å². The van der Waals surface area contributed by atoms with Crippen LogP contribution in [0.3, 0.4) is 0 Å². The van der Waals surface area contributed by atoms with Crippen LogP contribution < -0.4 is 5.32 Å². The maximum absolute atomic E-state index is 11.7. The van der Waals surface area contributed by atoms with Gasteiger partial charge in [-0.25, -0.2) is 0 Å². The van der Waals surface area contributed by atoms with Crippen LogP contribution >= 0.6 is 11.3 Å². The molecule has 4 heteroatoms. The number of fused-ring (bicyclic) bond motifs is 1. The van der Waals surface area contributed by atoms with E-state index in [1.165, 1.54) is 23.8 Å². The van der Waals surface area contributed by atoms with Crippen molar-refractivity contribution in [2.24, 2.45) is 5.92 Å². The van der Waals surface area contributed by atoms with Crippen LogP contribution in [0.25, 0.3) is 0 Å². The monoisotopic (exact) mass is 251 g/mol. The summed E-state index contributed by atoms with van der Waals surface area (Å²) >= 11 is 1.57. The minimum absolute atomic E-state index is 0.0559. The van der Waals surface area contributed by atoms with Crippen molar-refractivity contribution in [1.82, 2.24) is 0 Å². The van der Waals surface area contributed by atoms with Crippen molar-refractivity contribution in [2.75, 3.05) is 5.32 Å². The summed E-state index contributed by atoms with van der Waals surface area (Å²) < 4.78 is 0. The van der Waals surface area contributed by atoms with Gasteiger partial charge in [-0.1, -0.05) is 6.92 Å². The van der Waals surface area contributed by atoms with Gasteiger partial charge in [0.05, 0.1) is 5.56 Å². The Kier molecular flexibility index (Phi) is 3.33. The number of anilines is 1. The number of hydrogen-bond acceptors (Lipinski definition) is 3. The predicted molar refractivity (Wildman–Crippen MR) is 69.8 cm³/mol. The van der Waals surface area contributed by atoms with E-state index in [0.29, 0.717) is 5.92 Å². The second-order valence-electron chi connectivity index (χ2n) is 4.79. The molecule has 0 bridgehead atoms. The van der Waals surface area contributed by atoms with Crippen LogP contribution in [0.1, 0.15) is 48.0 Å². The molecule has 1 amide bonds. The topological polar surface area (TPSA) is 46.2 Å². The van der Waals surface area contributed by atoms with Crippen LogP contribution in [-0.4, -0.2) is 11.7 Å². The number of rotatable bonds is 2. The third kappa shape index (κ3) is 2.41. The molecule has 1 N–H and O–H groups in total. The summed E-state index contributed by atoms with van der Waals surface area (Å²) in [5.41, 5.74) is 1.91. The number of aryl methyl sites for hydroxylation is 1. The quantitative estimate of drug-likeness (QED) is 0.821. The zero-order chi connectivity index (χ0) is 12.6. The molecule has 1 aromatic rings. The van der Waals surface area contributed by atoms with Crippen molar-refractivity contribution in [2.45, 2.75) is 40.0 Å². The van der Waals surface area contributed by atoms with Gasteiger partial charge in [-0.05, 0) is 37.7 Å². The standard InChI is InChI=1S/C13H17NO2S/c1-7-4-5-11-10(6-7)12(8(2)15)13(17-11)14-9(3)16/h7H,4-6H2,1-3H3,(H,14,16). The molecule has 0 aliphatic heterocycles. The minimum Gasteiger partial charge on any atom is -0.317 e. The number of carbonyl (C=O) groups is 2. The fraction of sp³-hybridized carbons (Fsp3) is 0.538. The molecule has 17 heavy (non-hydrogen) atoms. The highest BCUT2D eigenvalue weighted by atomic mass is 32.1. The summed E-state index contributed by atoms with van der Waals surface area (Å²) in [6.45, 7) is 5.26. The second kappa shape index (κ2) is 4.61. The molecule has 1 aliphatic rings. The normalized spacial score (nSPS) is 18.6. The summed E-state index contributed by atoms with van der Waals surface area (Å²) in [7, 11) is 0. The summed E-state index contributed by atoms with van der Waals surface area (Å²) in [4.78, 5) is 24.2. The molecular formula is C13H17NO2S. The first kappa shape index (κ1) is 12.3. The molecular weight excluding hydrogens is 234 g/mol. The largest absolute Gasteiger partial charge is 0.317 e. The fourth-order valence-corrected chi connectivity index (χ4v) is 3.72. The minimum atomic E-state index is -0.112.